The van der Waals surface area contributed by atoms with Gasteiger partial charge in [0.15, 0.2) is 0 Å². The zero-order chi connectivity index (χ0) is 5.82. The molecule has 1 heteroatoms. The van der Waals surface area contributed by atoms with Crippen molar-refractivity contribution in [2.45, 2.75) is 0 Å². The second kappa shape index (κ2) is 2.68. The van der Waals surface area contributed by atoms with E-state index in [1.807, 2.05) is 17.5 Å². The molecule has 0 N–H and O–H groups in total. The quantitative estimate of drug-likeness (QED) is 0.565. The third kappa shape index (κ3) is 1.20. The maximum absolute atomic E-state index is 3.53. The summed E-state index contributed by atoms with van der Waals surface area (Å²) in [6.07, 6.45) is 4.64. The lowest BCUT2D eigenvalue weighted by Gasteiger charge is -1.79. The Kier molecular flexibility index (Phi) is 1.86. The van der Waals surface area contributed by atoms with Gasteiger partial charge < -0.3 is 0 Å². The molecule has 0 amide bonds. The van der Waals surface area contributed by atoms with Gasteiger partial charge in [-0.05, 0) is 11.4 Å². The van der Waals surface area contributed by atoms with Crippen molar-refractivity contribution in [3.63, 3.8) is 0 Å². The molecule has 8 heavy (non-hydrogen) atoms. The van der Waals surface area contributed by atoms with Gasteiger partial charge in [0, 0.05) is 4.88 Å². The Balaban J connectivity index is 2.62. The summed E-state index contributed by atoms with van der Waals surface area (Å²) in [5.74, 6) is 0. The van der Waals surface area contributed by atoms with Gasteiger partial charge in [-0.2, -0.15) is 0 Å². The highest BCUT2D eigenvalue weighted by molar-refractivity contribution is 7.10. The minimum Gasteiger partial charge on any atom is -0.148 e. The fourth-order valence-electron chi connectivity index (χ4n) is 0.461. The maximum atomic E-state index is 3.53. The van der Waals surface area contributed by atoms with E-state index in [9.17, 15) is 0 Å². The lowest BCUT2D eigenvalue weighted by atomic mass is 10.3. The van der Waals surface area contributed by atoms with Crippen molar-refractivity contribution in [2.75, 3.05) is 0 Å². The molecule has 0 aliphatic heterocycles. The van der Waals surface area contributed by atoms with Crippen LogP contribution in [0.4, 0.5) is 0 Å². The molecule has 1 aromatic rings. The second-order valence-electron chi connectivity index (χ2n) is 1.33. The third-order valence-electron chi connectivity index (χ3n) is 0.765. The van der Waals surface area contributed by atoms with E-state index in [2.05, 4.69) is 13.0 Å². The molecule has 0 nitrogen and oxygen atoms in total. The van der Waals surface area contributed by atoms with E-state index in [1.165, 1.54) is 0 Å². The van der Waals surface area contributed by atoms with E-state index < -0.39 is 0 Å². The molecule has 0 aromatic carbocycles. The summed E-state index contributed by atoms with van der Waals surface area (Å²) in [5, 5.41) is 2.02. The van der Waals surface area contributed by atoms with Crippen LogP contribution in [0.15, 0.2) is 30.2 Å². The molecule has 0 aliphatic carbocycles. The summed E-state index contributed by atoms with van der Waals surface area (Å²) < 4.78 is 0. The van der Waals surface area contributed by atoms with E-state index >= 15 is 0 Å². The zero-order valence-electron chi connectivity index (χ0n) is 4.42. The Bertz CT molecular complexity index is 151. The molecule has 0 atom stereocenters. The molecule has 0 unspecified atom stereocenters. The lowest BCUT2D eigenvalue weighted by Crippen LogP contribution is -1.62. The van der Waals surface area contributed by atoms with Crippen LogP contribution in [0, 0.1) is 6.42 Å². The fourth-order valence-corrected chi connectivity index (χ4v) is 1.07. The molecule has 0 saturated heterocycles. The lowest BCUT2D eigenvalue weighted by molar-refractivity contribution is 1.70. The standard InChI is InChI=1S/C7H6S/c1-2-4-7-5-3-6-8-7/h2-3,5-6H,1H2. The Morgan fingerprint density at radius 1 is 1.75 bits per heavy atom. The molecule has 0 saturated carbocycles. The highest BCUT2D eigenvalue weighted by Crippen LogP contribution is 2.10. The molecular weight excluding hydrogens is 116 g/mol. The number of hydrogen-bond acceptors (Lipinski definition) is 1. The van der Waals surface area contributed by atoms with Gasteiger partial charge in [0.05, 0.1) is 6.42 Å². The van der Waals surface area contributed by atoms with E-state index in [0.29, 0.717) is 0 Å². The third-order valence-corrected chi connectivity index (χ3v) is 1.57. The predicted molar refractivity (Wildman–Crippen MR) is 36.9 cm³/mol. The van der Waals surface area contributed by atoms with Crippen molar-refractivity contribution in [3.8, 4) is 0 Å². The Hall–Kier alpha value is -0.560. The van der Waals surface area contributed by atoms with Gasteiger partial charge in [-0.3, -0.25) is 0 Å². The van der Waals surface area contributed by atoms with Crippen LogP contribution in [0.5, 0.6) is 0 Å². The number of hydrogen-bond donors (Lipinski definition) is 0. The first-order valence-corrected chi connectivity index (χ1v) is 3.22. The predicted octanol–water partition coefficient (Wildman–Crippen LogP) is 2.36. The van der Waals surface area contributed by atoms with Gasteiger partial charge in [0.25, 0.3) is 0 Å². The Labute approximate surface area is 53.5 Å². The Morgan fingerprint density at radius 2 is 2.62 bits per heavy atom. The van der Waals surface area contributed by atoms with Crippen molar-refractivity contribution in [1.29, 1.82) is 0 Å². The van der Waals surface area contributed by atoms with Crippen LogP contribution >= 0.6 is 11.3 Å². The van der Waals surface area contributed by atoms with Crippen LogP contribution in [0.25, 0.3) is 0 Å². The van der Waals surface area contributed by atoms with E-state index in [1.54, 1.807) is 17.4 Å². The first kappa shape index (κ1) is 5.57. The maximum Gasteiger partial charge on any atom is 0.0527 e. The number of rotatable bonds is 2. The highest BCUT2D eigenvalue weighted by Gasteiger charge is 1.86. The van der Waals surface area contributed by atoms with Gasteiger partial charge in [0.2, 0.25) is 0 Å². The SMILES string of the molecule is C=C[C]c1cccs1. The monoisotopic (exact) mass is 122 g/mol. The smallest absolute Gasteiger partial charge is 0.0527 e. The normalized spacial score (nSPS) is 9.00. The molecule has 1 heterocycles. The van der Waals surface area contributed by atoms with Crippen molar-refractivity contribution >= 4 is 11.3 Å². The van der Waals surface area contributed by atoms with Crippen LogP contribution in [0.3, 0.4) is 0 Å². The summed E-state index contributed by atoms with van der Waals surface area (Å²) in [5.41, 5.74) is 0. The molecule has 0 spiro atoms. The van der Waals surface area contributed by atoms with Crippen LogP contribution in [-0.4, -0.2) is 0 Å². The first-order chi connectivity index (χ1) is 3.93. The molecule has 0 fully saturated rings. The topological polar surface area (TPSA) is 0 Å². The van der Waals surface area contributed by atoms with Crippen molar-refractivity contribution in [1.82, 2.24) is 0 Å². The van der Waals surface area contributed by atoms with Crippen molar-refractivity contribution in [3.05, 3.63) is 41.5 Å². The van der Waals surface area contributed by atoms with Crippen molar-refractivity contribution < 1.29 is 0 Å². The summed E-state index contributed by atoms with van der Waals surface area (Å²) in [6, 6.07) is 4.00. The van der Waals surface area contributed by atoms with Gasteiger partial charge in [-0.15, -0.1) is 17.9 Å². The first-order valence-electron chi connectivity index (χ1n) is 2.34. The van der Waals surface area contributed by atoms with Crippen LogP contribution in [-0.2, 0) is 0 Å². The van der Waals surface area contributed by atoms with Gasteiger partial charge >= 0.3 is 0 Å². The van der Waals surface area contributed by atoms with E-state index in [4.69, 9.17) is 0 Å². The molecule has 1 aromatic heterocycles. The average molecular weight is 122 g/mol. The molecule has 0 bridgehead atoms. The van der Waals surface area contributed by atoms with Gasteiger partial charge in [-0.1, -0.05) is 12.1 Å². The van der Waals surface area contributed by atoms with Crippen LogP contribution in [0.1, 0.15) is 4.88 Å². The molecule has 0 aliphatic rings. The highest BCUT2D eigenvalue weighted by atomic mass is 32.1. The average Bonchev–Trinajstić information content (AvgIpc) is 2.19. The minimum absolute atomic E-state index is 1.14. The second-order valence-corrected chi connectivity index (χ2v) is 2.27. The minimum atomic E-state index is 1.14. The van der Waals surface area contributed by atoms with E-state index in [-0.39, 0.29) is 0 Å². The van der Waals surface area contributed by atoms with Gasteiger partial charge in [0.1, 0.15) is 0 Å². The summed E-state index contributed by atoms with van der Waals surface area (Å²) in [6.45, 7) is 3.53. The van der Waals surface area contributed by atoms with Gasteiger partial charge in [-0.25, -0.2) is 0 Å². The Morgan fingerprint density at radius 3 is 3.12 bits per heavy atom. The largest absolute Gasteiger partial charge is 0.148 e. The fraction of sp³-hybridized carbons (Fsp3) is 0. The zero-order valence-corrected chi connectivity index (χ0v) is 5.24. The van der Waals surface area contributed by atoms with Crippen molar-refractivity contribution in [2.24, 2.45) is 0 Å². The van der Waals surface area contributed by atoms with E-state index in [0.717, 1.165) is 4.88 Å². The number of thiophene rings is 1. The summed E-state index contributed by atoms with van der Waals surface area (Å²) in [7, 11) is 0. The number of allylic oxidation sites excluding steroid dienone is 1. The van der Waals surface area contributed by atoms with Crippen LogP contribution < -0.4 is 0 Å². The molecular formula is C7H6S. The summed E-state index contributed by atoms with van der Waals surface area (Å²) in [4.78, 5) is 1.14. The summed E-state index contributed by atoms with van der Waals surface area (Å²) >= 11 is 1.67. The van der Waals surface area contributed by atoms with Crippen LogP contribution in [0.2, 0.25) is 0 Å². The molecule has 40 valence electrons. The molecule has 1 rings (SSSR count). The molecule has 2 radical (unpaired) electrons.